The fraction of sp³-hybridized carbons (Fsp3) is 0.364. The summed E-state index contributed by atoms with van der Waals surface area (Å²) in [5.74, 6) is 0.438. The Labute approximate surface area is 88.1 Å². The number of cyclic esters (lactones) is 1. The van der Waals surface area contributed by atoms with Gasteiger partial charge in [0.25, 0.3) is 0 Å². The molecule has 2 rings (SSSR count). The summed E-state index contributed by atoms with van der Waals surface area (Å²) in [7, 11) is 1.72. The Kier molecular flexibility index (Phi) is 2.49. The van der Waals surface area contributed by atoms with Crippen molar-refractivity contribution in [1.29, 1.82) is 0 Å². The molecule has 4 nitrogen and oxygen atoms in total. The van der Waals surface area contributed by atoms with Crippen LogP contribution in [-0.4, -0.2) is 36.3 Å². The second-order valence-electron chi connectivity index (χ2n) is 3.75. The van der Waals surface area contributed by atoms with Crippen LogP contribution in [0.3, 0.4) is 0 Å². The number of aromatic hydroxyl groups is 1. The van der Waals surface area contributed by atoms with Gasteiger partial charge in [-0.25, -0.2) is 4.79 Å². The minimum absolute atomic E-state index is 0.188. The number of hydrogen-bond donors (Lipinski definition) is 1. The molecule has 80 valence electrons. The van der Waals surface area contributed by atoms with Gasteiger partial charge in [0, 0.05) is 19.5 Å². The average molecular weight is 207 g/mol. The highest BCUT2D eigenvalue weighted by atomic mass is 16.6. The van der Waals surface area contributed by atoms with Crippen LogP contribution in [0.2, 0.25) is 0 Å². The van der Waals surface area contributed by atoms with Crippen LogP contribution >= 0.6 is 0 Å². The van der Waals surface area contributed by atoms with Gasteiger partial charge in [-0.1, -0.05) is 12.1 Å². The maximum Gasteiger partial charge on any atom is 0.409 e. The predicted octanol–water partition coefficient (Wildman–Crippen LogP) is 1.56. The number of amides is 1. The van der Waals surface area contributed by atoms with Crippen molar-refractivity contribution in [1.82, 2.24) is 4.90 Å². The molecule has 1 unspecified atom stereocenters. The van der Waals surface area contributed by atoms with Gasteiger partial charge in [0.05, 0.1) is 0 Å². The van der Waals surface area contributed by atoms with Crippen molar-refractivity contribution in [2.24, 2.45) is 0 Å². The molecule has 1 aliphatic rings. The molecule has 4 heteroatoms. The van der Waals surface area contributed by atoms with Gasteiger partial charge in [0.1, 0.15) is 12.4 Å². The van der Waals surface area contributed by atoms with Gasteiger partial charge in [-0.2, -0.15) is 0 Å². The van der Waals surface area contributed by atoms with Gasteiger partial charge in [-0.15, -0.1) is 0 Å². The maximum absolute atomic E-state index is 11.1. The van der Waals surface area contributed by atoms with E-state index in [2.05, 4.69) is 0 Å². The quantitative estimate of drug-likeness (QED) is 0.760. The predicted molar refractivity (Wildman–Crippen MR) is 54.8 cm³/mol. The lowest BCUT2D eigenvalue weighted by atomic mass is 9.99. The first kappa shape index (κ1) is 9.83. The highest BCUT2D eigenvalue weighted by molar-refractivity contribution is 5.68. The van der Waals surface area contributed by atoms with Crippen LogP contribution in [0.25, 0.3) is 0 Å². The van der Waals surface area contributed by atoms with Gasteiger partial charge >= 0.3 is 6.09 Å². The van der Waals surface area contributed by atoms with Crippen LogP contribution in [-0.2, 0) is 4.74 Å². The molecule has 1 aromatic rings. The maximum atomic E-state index is 11.1. The van der Waals surface area contributed by atoms with E-state index in [1.807, 2.05) is 12.1 Å². The van der Waals surface area contributed by atoms with E-state index in [0.29, 0.717) is 13.2 Å². The first-order chi connectivity index (χ1) is 7.16. The van der Waals surface area contributed by atoms with Crippen molar-refractivity contribution >= 4 is 6.09 Å². The summed E-state index contributed by atoms with van der Waals surface area (Å²) < 4.78 is 5.01. The molecule has 0 radical (unpaired) electrons. The topological polar surface area (TPSA) is 49.8 Å². The summed E-state index contributed by atoms with van der Waals surface area (Å²) >= 11 is 0. The van der Waals surface area contributed by atoms with Crippen molar-refractivity contribution in [3.05, 3.63) is 29.8 Å². The molecule has 1 heterocycles. The summed E-state index contributed by atoms with van der Waals surface area (Å²) in [5.41, 5.74) is 1.08. The monoisotopic (exact) mass is 207 g/mol. The number of nitrogens with zero attached hydrogens (tertiary/aromatic N) is 1. The Morgan fingerprint density at radius 2 is 2.07 bits per heavy atom. The lowest BCUT2D eigenvalue weighted by Gasteiger charge is -2.29. The molecule has 0 aliphatic carbocycles. The SMILES string of the molecule is CN1CC(c2ccc(O)cc2)COC1=O. The summed E-state index contributed by atoms with van der Waals surface area (Å²) in [6, 6.07) is 7.00. The zero-order chi connectivity index (χ0) is 10.8. The Morgan fingerprint density at radius 3 is 2.67 bits per heavy atom. The van der Waals surface area contributed by atoms with Gasteiger partial charge in [0.2, 0.25) is 0 Å². The Hall–Kier alpha value is -1.71. The van der Waals surface area contributed by atoms with Gasteiger partial charge in [-0.3, -0.25) is 0 Å². The van der Waals surface area contributed by atoms with E-state index in [-0.39, 0.29) is 17.8 Å². The Morgan fingerprint density at radius 1 is 1.40 bits per heavy atom. The van der Waals surface area contributed by atoms with Crippen LogP contribution in [0.5, 0.6) is 5.75 Å². The molecule has 0 aromatic heterocycles. The number of ether oxygens (including phenoxy) is 1. The summed E-state index contributed by atoms with van der Waals surface area (Å²) in [6.45, 7) is 1.07. The number of hydrogen-bond acceptors (Lipinski definition) is 3. The Bertz CT molecular complexity index is 361. The number of carbonyl (C=O) groups is 1. The second-order valence-corrected chi connectivity index (χ2v) is 3.75. The van der Waals surface area contributed by atoms with Gasteiger partial charge < -0.3 is 14.7 Å². The fourth-order valence-electron chi connectivity index (χ4n) is 1.69. The number of phenolic OH excluding ortho intramolecular Hbond substituents is 1. The molecular formula is C11H13NO3. The van der Waals surface area contributed by atoms with Crippen molar-refractivity contribution in [2.45, 2.75) is 5.92 Å². The van der Waals surface area contributed by atoms with E-state index in [1.54, 1.807) is 24.1 Å². The first-order valence-electron chi connectivity index (χ1n) is 4.83. The largest absolute Gasteiger partial charge is 0.508 e. The molecule has 1 atom stereocenters. The molecule has 1 aromatic carbocycles. The number of carbonyl (C=O) groups excluding carboxylic acids is 1. The number of phenols is 1. The lowest BCUT2D eigenvalue weighted by Crippen LogP contribution is -2.39. The molecule has 0 saturated carbocycles. The van der Waals surface area contributed by atoms with E-state index in [1.165, 1.54) is 0 Å². The van der Waals surface area contributed by atoms with Gasteiger partial charge in [-0.05, 0) is 17.7 Å². The van der Waals surface area contributed by atoms with E-state index in [9.17, 15) is 4.79 Å². The van der Waals surface area contributed by atoms with Crippen molar-refractivity contribution < 1.29 is 14.6 Å². The molecular weight excluding hydrogens is 194 g/mol. The lowest BCUT2D eigenvalue weighted by molar-refractivity contribution is 0.0718. The highest BCUT2D eigenvalue weighted by Gasteiger charge is 2.25. The molecule has 0 bridgehead atoms. The van der Waals surface area contributed by atoms with Crippen LogP contribution in [0, 0.1) is 0 Å². The third-order valence-electron chi connectivity index (χ3n) is 2.58. The van der Waals surface area contributed by atoms with Crippen LogP contribution in [0.15, 0.2) is 24.3 Å². The number of likely N-dealkylation sites (N-methyl/N-ethyl adjacent to an activating group) is 1. The molecule has 1 N–H and O–H groups in total. The molecule has 0 spiro atoms. The third-order valence-corrected chi connectivity index (χ3v) is 2.58. The molecule has 15 heavy (non-hydrogen) atoms. The zero-order valence-electron chi connectivity index (χ0n) is 8.51. The van der Waals surface area contributed by atoms with E-state index >= 15 is 0 Å². The van der Waals surface area contributed by atoms with Crippen molar-refractivity contribution in [3.63, 3.8) is 0 Å². The van der Waals surface area contributed by atoms with Crippen molar-refractivity contribution in [2.75, 3.05) is 20.2 Å². The first-order valence-corrected chi connectivity index (χ1v) is 4.83. The van der Waals surface area contributed by atoms with Crippen molar-refractivity contribution in [3.8, 4) is 5.75 Å². The van der Waals surface area contributed by atoms with Crippen LogP contribution in [0.1, 0.15) is 11.5 Å². The van der Waals surface area contributed by atoms with E-state index in [4.69, 9.17) is 9.84 Å². The van der Waals surface area contributed by atoms with E-state index < -0.39 is 0 Å². The minimum Gasteiger partial charge on any atom is -0.508 e. The molecule has 1 saturated heterocycles. The third kappa shape index (κ3) is 2.03. The van der Waals surface area contributed by atoms with Crippen LogP contribution < -0.4 is 0 Å². The summed E-state index contributed by atoms with van der Waals surface area (Å²) in [4.78, 5) is 12.6. The highest BCUT2D eigenvalue weighted by Crippen LogP contribution is 2.23. The normalized spacial score (nSPS) is 21.3. The molecule has 1 amide bonds. The summed E-state index contributed by atoms with van der Waals surface area (Å²) in [6.07, 6.45) is -0.273. The zero-order valence-corrected chi connectivity index (χ0v) is 8.51. The standard InChI is InChI=1S/C11H13NO3/c1-12-6-9(7-15-11(12)14)8-2-4-10(13)5-3-8/h2-5,9,13H,6-7H2,1H3. The van der Waals surface area contributed by atoms with Gasteiger partial charge in [0.15, 0.2) is 0 Å². The fourth-order valence-corrected chi connectivity index (χ4v) is 1.69. The molecule has 1 aliphatic heterocycles. The smallest absolute Gasteiger partial charge is 0.409 e. The number of rotatable bonds is 1. The minimum atomic E-state index is -0.273. The van der Waals surface area contributed by atoms with Crippen LogP contribution in [0.4, 0.5) is 4.79 Å². The average Bonchev–Trinajstić information content (AvgIpc) is 2.23. The molecule has 1 fully saturated rings. The Balaban J connectivity index is 2.12. The second kappa shape index (κ2) is 3.81. The number of benzene rings is 1. The van der Waals surface area contributed by atoms with E-state index in [0.717, 1.165) is 5.56 Å². The summed E-state index contributed by atoms with van der Waals surface area (Å²) in [5, 5.41) is 9.15.